The number of likely N-dealkylation sites (tertiary alicyclic amines) is 1. The van der Waals surface area contributed by atoms with Gasteiger partial charge in [0.1, 0.15) is 0 Å². The zero-order chi connectivity index (χ0) is 19.5. The minimum absolute atomic E-state index is 0. The van der Waals surface area contributed by atoms with Crippen molar-refractivity contribution in [2.24, 2.45) is 11.8 Å². The van der Waals surface area contributed by atoms with Crippen LogP contribution in [-0.2, 0) is 16.0 Å². The van der Waals surface area contributed by atoms with Crippen molar-refractivity contribution in [3.63, 3.8) is 0 Å². The number of carbonyl (C=O) groups is 2. The van der Waals surface area contributed by atoms with Gasteiger partial charge >= 0.3 is 0 Å². The van der Waals surface area contributed by atoms with Gasteiger partial charge in [-0.05, 0) is 43.9 Å². The van der Waals surface area contributed by atoms with E-state index in [2.05, 4.69) is 41.0 Å². The van der Waals surface area contributed by atoms with Crippen LogP contribution < -0.4 is 4.90 Å². The van der Waals surface area contributed by atoms with Crippen LogP contribution in [0.25, 0.3) is 0 Å². The molecule has 6 heteroatoms. The topological polar surface area (TPSA) is 43.9 Å². The molecule has 1 aromatic carbocycles. The van der Waals surface area contributed by atoms with Gasteiger partial charge in [0.15, 0.2) is 0 Å². The van der Waals surface area contributed by atoms with E-state index >= 15 is 0 Å². The van der Waals surface area contributed by atoms with Crippen LogP contribution in [0.2, 0.25) is 0 Å². The summed E-state index contributed by atoms with van der Waals surface area (Å²) in [6.07, 6.45) is 7.49. The highest BCUT2D eigenvalue weighted by atomic mass is 35.5. The smallest absolute Gasteiger partial charge is 0.233 e. The molecule has 0 radical (unpaired) electrons. The van der Waals surface area contributed by atoms with Crippen LogP contribution in [0.5, 0.6) is 0 Å². The lowest BCUT2D eigenvalue weighted by Gasteiger charge is -2.37. The molecule has 2 heterocycles. The molecule has 0 N–H and O–H groups in total. The third-order valence-electron chi connectivity index (χ3n) is 6.54. The summed E-state index contributed by atoms with van der Waals surface area (Å²) in [6, 6.07) is 8.69. The first-order valence-corrected chi connectivity index (χ1v) is 10.7. The molecule has 5 nitrogen and oxygen atoms in total. The number of carbonyl (C=O) groups excluding carboxylic acids is 2. The van der Waals surface area contributed by atoms with Gasteiger partial charge in [0.2, 0.25) is 11.8 Å². The van der Waals surface area contributed by atoms with Gasteiger partial charge in [-0.15, -0.1) is 12.4 Å². The molecular formula is C23H32ClN3O2. The Morgan fingerprint density at radius 3 is 2.14 bits per heavy atom. The van der Waals surface area contributed by atoms with Crippen molar-refractivity contribution in [3.05, 3.63) is 42.0 Å². The zero-order valence-electron chi connectivity index (χ0n) is 17.3. The van der Waals surface area contributed by atoms with Gasteiger partial charge in [0.05, 0.1) is 11.8 Å². The van der Waals surface area contributed by atoms with Crippen LogP contribution in [0.4, 0.5) is 5.69 Å². The van der Waals surface area contributed by atoms with Gasteiger partial charge in [-0.25, -0.2) is 0 Å². The monoisotopic (exact) mass is 417 g/mol. The molecular weight excluding hydrogens is 386 g/mol. The SMILES string of the molecule is CCc1ccccc1N1CCN(CCCN2C(=O)C3CC=CCC3C2=O)CC1.Cl. The highest BCUT2D eigenvalue weighted by Gasteiger charge is 2.46. The summed E-state index contributed by atoms with van der Waals surface area (Å²) >= 11 is 0. The van der Waals surface area contributed by atoms with E-state index in [1.54, 1.807) is 0 Å². The number of rotatable bonds is 6. The lowest BCUT2D eigenvalue weighted by Crippen LogP contribution is -2.47. The normalized spacial score (nSPS) is 24.6. The molecule has 2 aliphatic heterocycles. The first kappa shape index (κ1) is 21.8. The number of hydrogen-bond acceptors (Lipinski definition) is 4. The minimum atomic E-state index is -0.0975. The van der Waals surface area contributed by atoms with E-state index in [4.69, 9.17) is 0 Å². The Morgan fingerprint density at radius 2 is 1.52 bits per heavy atom. The summed E-state index contributed by atoms with van der Waals surface area (Å²) in [6.45, 7) is 7.88. The fourth-order valence-corrected chi connectivity index (χ4v) is 4.87. The van der Waals surface area contributed by atoms with Gasteiger partial charge in [-0.3, -0.25) is 19.4 Å². The Bertz CT molecular complexity index is 732. The van der Waals surface area contributed by atoms with E-state index in [1.165, 1.54) is 16.2 Å². The molecule has 158 valence electrons. The molecule has 0 aromatic heterocycles. The molecule has 3 aliphatic rings. The molecule has 29 heavy (non-hydrogen) atoms. The van der Waals surface area contributed by atoms with Crippen molar-refractivity contribution in [1.29, 1.82) is 0 Å². The van der Waals surface area contributed by atoms with Crippen molar-refractivity contribution in [2.45, 2.75) is 32.6 Å². The summed E-state index contributed by atoms with van der Waals surface area (Å²) < 4.78 is 0. The third-order valence-corrected chi connectivity index (χ3v) is 6.54. The van der Waals surface area contributed by atoms with E-state index in [0.29, 0.717) is 6.54 Å². The number of aryl methyl sites for hydroxylation is 1. The van der Waals surface area contributed by atoms with E-state index in [0.717, 1.165) is 58.4 Å². The Kier molecular flexibility index (Phi) is 7.36. The first-order valence-electron chi connectivity index (χ1n) is 10.7. The molecule has 1 aromatic rings. The van der Waals surface area contributed by atoms with E-state index in [1.807, 2.05) is 12.2 Å². The van der Waals surface area contributed by atoms with Crippen molar-refractivity contribution in [2.75, 3.05) is 44.2 Å². The fraction of sp³-hybridized carbons (Fsp3) is 0.565. The number of hydrogen-bond donors (Lipinski definition) is 0. The molecule has 2 fully saturated rings. The number of benzene rings is 1. The Morgan fingerprint density at radius 1 is 0.897 bits per heavy atom. The van der Waals surface area contributed by atoms with Crippen LogP contribution in [0.3, 0.4) is 0 Å². The summed E-state index contributed by atoms with van der Waals surface area (Å²) in [5, 5.41) is 0. The summed E-state index contributed by atoms with van der Waals surface area (Å²) in [7, 11) is 0. The maximum Gasteiger partial charge on any atom is 0.233 e. The zero-order valence-corrected chi connectivity index (χ0v) is 18.1. The Balaban J connectivity index is 0.00000240. The van der Waals surface area contributed by atoms with Crippen LogP contribution in [0.15, 0.2) is 36.4 Å². The second-order valence-electron chi connectivity index (χ2n) is 8.15. The number of piperazine rings is 1. The summed E-state index contributed by atoms with van der Waals surface area (Å²) in [4.78, 5) is 31.6. The first-order chi connectivity index (χ1) is 13.7. The van der Waals surface area contributed by atoms with E-state index in [-0.39, 0.29) is 36.1 Å². The molecule has 0 bridgehead atoms. The number of nitrogens with zero attached hydrogens (tertiary/aromatic N) is 3. The second kappa shape index (κ2) is 9.77. The average molecular weight is 418 g/mol. The highest BCUT2D eigenvalue weighted by Crippen LogP contribution is 2.35. The predicted octanol–water partition coefficient (Wildman–Crippen LogP) is 3.13. The fourth-order valence-electron chi connectivity index (χ4n) is 4.87. The van der Waals surface area contributed by atoms with Crippen LogP contribution in [0.1, 0.15) is 31.7 Å². The molecule has 2 unspecified atom stereocenters. The average Bonchev–Trinajstić information content (AvgIpc) is 2.99. The molecule has 0 spiro atoms. The van der Waals surface area contributed by atoms with Crippen molar-refractivity contribution < 1.29 is 9.59 Å². The van der Waals surface area contributed by atoms with Gasteiger partial charge in [-0.1, -0.05) is 37.3 Å². The number of amides is 2. The maximum absolute atomic E-state index is 12.5. The Labute approximate surface area is 180 Å². The van der Waals surface area contributed by atoms with E-state index < -0.39 is 0 Å². The van der Waals surface area contributed by atoms with Crippen LogP contribution in [0, 0.1) is 11.8 Å². The van der Waals surface area contributed by atoms with Gasteiger partial charge in [-0.2, -0.15) is 0 Å². The number of allylic oxidation sites excluding steroid dienone is 2. The lowest BCUT2D eigenvalue weighted by atomic mass is 9.85. The molecule has 4 rings (SSSR count). The van der Waals surface area contributed by atoms with Crippen molar-refractivity contribution in [1.82, 2.24) is 9.80 Å². The number of imide groups is 1. The highest BCUT2D eigenvalue weighted by molar-refractivity contribution is 6.05. The Hall–Kier alpha value is -1.85. The lowest BCUT2D eigenvalue weighted by molar-refractivity contribution is -0.140. The van der Waals surface area contributed by atoms with Crippen LogP contribution in [-0.4, -0.2) is 60.9 Å². The van der Waals surface area contributed by atoms with Gasteiger partial charge in [0.25, 0.3) is 0 Å². The molecule has 2 amide bonds. The number of anilines is 1. The quantitative estimate of drug-likeness (QED) is 0.527. The molecule has 0 saturated carbocycles. The standard InChI is InChI=1S/C23H31N3O2.ClH/c1-2-18-8-3-6-11-21(18)25-16-14-24(15-17-25)12-7-13-26-22(27)19-9-4-5-10-20(19)23(26)28;/h3-6,8,11,19-20H,2,7,9-10,12-17H2,1H3;1H. The summed E-state index contributed by atoms with van der Waals surface area (Å²) in [5.41, 5.74) is 2.78. The predicted molar refractivity (Wildman–Crippen MR) is 118 cm³/mol. The molecule has 2 saturated heterocycles. The summed E-state index contributed by atoms with van der Waals surface area (Å²) in [5.74, 6) is -0.0833. The second-order valence-corrected chi connectivity index (χ2v) is 8.15. The number of para-hydroxylation sites is 1. The number of fused-ring (bicyclic) bond motifs is 1. The minimum Gasteiger partial charge on any atom is -0.369 e. The van der Waals surface area contributed by atoms with Crippen LogP contribution >= 0.6 is 12.4 Å². The molecule has 1 aliphatic carbocycles. The maximum atomic E-state index is 12.5. The van der Waals surface area contributed by atoms with Crippen molar-refractivity contribution in [3.8, 4) is 0 Å². The molecule has 2 atom stereocenters. The van der Waals surface area contributed by atoms with Gasteiger partial charge in [0, 0.05) is 38.4 Å². The van der Waals surface area contributed by atoms with E-state index in [9.17, 15) is 9.59 Å². The largest absolute Gasteiger partial charge is 0.369 e. The third kappa shape index (κ3) is 4.51. The van der Waals surface area contributed by atoms with Gasteiger partial charge < -0.3 is 4.90 Å². The number of halogens is 1. The van der Waals surface area contributed by atoms with Crippen molar-refractivity contribution >= 4 is 29.9 Å².